The monoisotopic (exact) mass is 279 g/mol. The minimum absolute atomic E-state index is 0.171. The summed E-state index contributed by atoms with van der Waals surface area (Å²) in [5.74, 6) is -0.171. The van der Waals surface area contributed by atoms with Gasteiger partial charge in [0.25, 0.3) is 5.56 Å². The lowest BCUT2D eigenvalue weighted by atomic mass is 10.0. The molecule has 1 aromatic rings. The molecule has 0 atom stereocenters. The number of fused-ring (bicyclic) bond motifs is 1. The van der Waals surface area contributed by atoms with Crippen LogP contribution in [0.5, 0.6) is 0 Å². The predicted octanol–water partition coefficient (Wildman–Crippen LogP) is 1.85. The van der Waals surface area contributed by atoms with Crippen LogP contribution in [0.4, 0.5) is 0 Å². The number of carbonyl (C=O) groups excluding carboxylic acids is 1. The zero-order valence-electron chi connectivity index (χ0n) is 12.2. The first kappa shape index (κ1) is 14.7. The van der Waals surface area contributed by atoms with Gasteiger partial charge in [-0.25, -0.2) is 0 Å². The van der Waals surface area contributed by atoms with Gasteiger partial charge >= 0.3 is 0 Å². The SMILES string of the molecule is C=C/C=c1/c2c(c(=O)[nH]/c1=C/C)C(/C=C\C)=C(C=C)C2=O. The first-order chi connectivity index (χ1) is 10.1. The van der Waals surface area contributed by atoms with E-state index in [1.54, 1.807) is 30.4 Å². The second kappa shape index (κ2) is 5.75. The van der Waals surface area contributed by atoms with E-state index in [2.05, 4.69) is 18.1 Å². The van der Waals surface area contributed by atoms with E-state index in [0.717, 1.165) is 0 Å². The van der Waals surface area contributed by atoms with Crippen LogP contribution in [0.25, 0.3) is 17.7 Å². The molecule has 0 spiro atoms. The van der Waals surface area contributed by atoms with Gasteiger partial charge in [0.15, 0.2) is 5.78 Å². The highest BCUT2D eigenvalue weighted by molar-refractivity contribution is 6.23. The minimum Gasteiger partial charge on any atom is -0.322 e. The van der Waals surface area contributed by atoms with E-state index in [-0.39, 0.29) is 11.3 Å². The van der Waals surface area contributed by atoms with Crippen molar-refractivity contribution >= 4 is 23.5 Å². The van der Waals surface area contributed by atoms with Gasteiger partial charge in [0.2, 0.25) is 0 Å². The van der Waals surface area contributed by atoms with Crippen molar-refractivity contribution in [1.82, 2.24) is 4.98 Å². The van der Waals surface area contributed by atoms with Crippen LogP contribution in [-0.2, 0) is 0 Å². The number of Topliss-reactive ketones (excluding diaryl/α,β-unsaturated/α-hetero) is 1. The Balaban J connectivity index is 3.08. The third-order valence-corrected chi connectivity index (χ3v) is 3.43. The Morgan fingerprint density at radius 3 is 2.29 bits per heavy atom. The number of aromatic amines is 1. The number of hydrogen-bond donors (Lipinski definition) is 1. The van der Waals surface area contributed by atoms with Crippen LogP contribution < -0.4 is 16.1 Å². The first-order valence-electron chi connectivity index (χ1n) is 6.70. The molecule has 0 amide bonds. The molecule has 3 nitrogen and oxygen atoms in total. The normalized spacial score (nSPS) is 16.0. The second-order valence-corrected chi connectivity index (χ2v) is 4.58. The number of hydrogen-bond acceptors (Lipinski definition) is 2. The maximum atomic E-state index is 12.6. The van der Waals surface area contributed by atoms with Crippen LogP contribution in [0.15, 0.2) is 47.8 Å². The molecular weight excluding hydrogens is 262 g/mol. The summed E-state index contributed by atoms with van der Waals surface area (Å²) in [7, 11) is 0. The van der Waals surface area contributed by atoms with E-state index in [9.17, 15) is 9.59 Å². The van der Waals surface area contributed by atoms with Crippen molar-refractivity contribution in [2.75, 3.05) is 0 Å². The Labute approximate surface area is 123 Å². The smallest absolute Gasteiger partial charge is 0.257 e. The van der Waals surface area contributed by atoms with Crippen LogP contribution >= 0.6 is 0 Å². The van der Waals surface area contributed by atoms with Crippen LogP contribution in [0.3, 0.4) is 0 Å². The zero-order valence-corrected chi connectivity index (χ0v) is 12.2. The Morgan fingerprint density at radius 2 is 1.76 bits per heavy atom. The topological polar surface area (TPSA) is 49.9 Å². The van der Waals surface area contributed by atoms with Crippen molar-refractivity contribution in [1.29, 1.82) is 0 Å². The molecule has 3 heteroatoms. The van der Waals surface area contributed by atoms with E-state index >= 15 is 0 Å². The largest absolute Gasteiger partial charge is 0.322 e. The Kier molecular flexibility index (Phi) is 4.03. The van der Waals surface area contributed by atoms with Crippen molar-refractivity contribution in [3.05, 3.63) is 75.1 Å². The summed E-state index contributed by atoms with van der Waals surface area (Å²) in [6.07, 6.45) is 10.2. The molecule has 21 heavy (non-hydrogen) atoms. The molecule has 0 saturated heterocycles. The van der Waals surface area contributed by atoms with Gasteiger partial charge in [-0.1, -0.05) is 49.6 Å². The van der Waals surface area contributed by atoms with Gasteiger partial charge in [0, 0.05) is 21.7 Å². The maximum Gasteiger partial charge on any atom is 0.257 e. The zero-order chi connectivity index (χ0) is 15.6. The van der Waals surface area contributed by atoms with Gasteiger partial charge in [-0.2, -0.15) is 0 Å². The standard InChI is InChI=1S/C18H17NO2/c1-5-9-12-11(7-3)17(20)15-13(10-6-2)14(8-4)19-18(21)16(12)15/h5-10H,2-3H2,1,4H3,(H,19,21)/b9-5-,13-10+,14-8+. The predicted molar refractivity (Wildman–Crippen MR) is 87.4 cm³/mol. The molecule has 0 aromatic carbocycles. The van der Waals surface area contributed by atoms with Crippen molar-refractivity contribution < 1.29 is 4.79 Å². The third kappa shape index (κ3) is 2.17. The summed E-state index contributed by atoms with van der Waals surface area (Å²) in [6, 6.07) is 0. The summed E-state index contributed by atoms with van der Waals surface area (Å²) < 4.78 is 0. The lowest BCUT2D eigenvalue weighted by molar-refractivity contribution is 0.104. The maximum absolute atomic E-state index is 12.6. The highest BCUT2D eigenvalue weighted by Crippen LogP contribution is 2.29. The number of aromatic nitrogens is 1. The molecule has 1 aliphatic rings. The summed E-state index contributed by atoms with van der Waals surface area (Å²) in [4.78, 5) is 27.8. The lowest BCUT2D eigenvalue weighted by Crippen LogP contribution is -2.39. The molecule has 1 aliphatic carbocycles. The number of nitrogens with one attached hydrogen (secondary N) is 1. The number of ketones is 1. The molecule has 106 valence electrons. The average Bonchev–Trinajstić information content (AvgIpc) is 2.75. The van der Waals surface area contributed by atoms with Gasteiger partial charge in [0.05, 0.1) is 5.56 Å². The summed E-state index contributed by atoms with van der Waals surface area (Å²) >= 11 is 0. The van der Waals surface area contributed by atoms with Crippen molar-refractivity contribution in [2.45, 2.75) is 13.8 Å². The fourth-order valence-corrected chi connectivity index (χ4v) is 2.58. The molecule has 0 bridgehead atoms. The number of carbonyl (C=O) groups is 1. The van der Waals surface area contributed by atoms with Gasteiger partial charge in [-0.05, 0) is 19.4 Å². The van der Waals surface area contributed by atoms with Crippen LogP contribution in [0.2, 0.25) is 0 Å². The van der Waals surface area contributed by atoms with E-state index in [1.807, 2.05) is 13.8 Å². The Bertz CT molecular complexity index is 877. The molecule has 1 aromatic heterocycles. The van der Waals surface area contributed by atoms with E-state index in [4.69, 9.17) is 0 Å². The van der Waals surface area contributed by atoms with Gasteiger partial charge in [-0.3, -0.25) is 9.59 Å². The van der Waals surface area contributed by atoms with Crippen molar-refractivity contribution in [3.63, 3.8) is 0 Å². The minimum atomic E-state index is -0.266. The number of rotatable bonds is 3. The lowest BCUT2D eigenvalue weighted by Gasteiger charge is -2.01. The fraction of sp³-hybridized carbons (Fsp3) is 0.111. The average molecular weight is 279 g/mol. The molecule has 0 saturated carbocycles. The van der Waals surface area contributed by atoms with Gasteiger partial charge < -0.3 is 4.98 Å². The Hall–Kier alpha value is -2.68. The van der Waals surface area contributed by atoms with E-state index in [1.165, 1.54) is 6.08 Å². The van der Waals surface area contributed by atoms with Crippen LogP contribution in [0, 0.1) is 0 Å². The van der Waals surface area contributed by atoms with Crippen LogP contribution in [0.1, 0.15) is 29.8 Å². The van der Waals surface area contributed by atoms with Crippen LogP contribution in [-0.4, -0.2) is 10.8 Å². The molecule has 0 fully saturated rings. The van der Waals surface area contributed by atoms with E-state index < -0.39 is 0 Å². The third-order valence-electron chi connectivity index (χ3n) is 3.43. The summed E-state index contributed by atoms with van der Waals surface area (Å²) in [5, 5.41) is 1.31. The molecule has 1 heterocycles. The van der Waals surface area contributed by atoms with Crippen molar-refractivity contribution in [2.24, 2.45) is 0 Å². The molecule has 1 N–H and O–H groups in total. The number of pyridine rings is 1. The molecule has 0 radical (unpaired) electrons. The molecule has 2 rings (SSSR count). The second-order valence-electron chi connectivity index (χ2n) is 4.58. The van der Waals surface area contributed by atoms with Gasteiger partial charge in [-0.15, -0.1) is 0 Å². The highest BCUT2D eigenvalue weighted by atomic mass is 16.1. The highest BCUT2D eigenvalue weighted by Gasteiger charge is 2.30. The fourth-order valence-electron chi connectivity index (χ4n) is 2.58. The quantitative estimate of drug-likeness (QED) is 0.918. The summed E-state index contributed by atoms with van der Waals surface area (Å²) in [5.41, 5.74) is 1.65. The Morgan fingerprint density at radius 1 is 1.05 bits per heavy atom. The van der Waals surface area contributed by atoms with Crippen molar-refractivity contribution in [3.8, 4) is 0 Å². The molecule has 0 unspecified atom stereocenters. The summed E-state index contributed by atoms with van der Waals surface area (Å²) in [6.45, 7) is 11.0. The number of allylic oxidation sites excluding steroid dienone is 6. The molecular formula is C18H17NO2. The van der Waals surface area contributed by atoms with E-state index in [0.29, 0.717) is 32.8 Å². The van der Waals surface area contributed by atoms with Gasteiger partial charge in [0.1, 0.15) is 0 Å². The first-order valence-corrected chi connectivity index (χ1v) is 6.70. The number of H-pyrrole nitrogens is 1. The molecule has 0 aliphatic heterocycles.